The van der Waals surface area contributed by atoms with Gasteiger partial charge in [-0.25, -0.2) is 4.79 Å². The second-order valence-electron chi connectivity index (χ2n) is 6.76. The van der Waals surface area contributed by atoms with Crippen LogP contribution in [0.15, 0.2) is 47.7 Å². The highest BCUT2D eigenvalue weighted by atomic mass is 16.5. The summed E-state index contributed by atoms with van der Waals surface area (Å²) in [7, 11) is 1.59. The fourth-order valence-electron chi connectivity index (χ4n) is 4.26. The number of nitrogens with zero attached hydrogens (tertiary/aromatic N) is 1. The third-order valence-electron chi connectivity index (χ3n) is 5.48. The third-order valence-corrected chi connectivity index (χ3v) is 5.48. The van der Waals surface area contributed by atoms with Gasteiger partial charge in [0.1, 0.15) is 22.6 Å². The Bertz CT molecular complexity index is 930. The minimum atomic E-state index is -1.38. The first-order chi connectivity index (χ1) is 12.5. The van der Waals surface area contributed by atoms with Gasteiger partial charge in [-0.1, -0.05) is 12.8 Å². The standard InChI is InChI=1S/C20H19NO5/c1-26-13-6-4-12(5-7-13)14-8-9-15-17(22)16(19(24)25)18(23)20(21(14)15)10-2-3-11-20/h4-9,23H,2-3,10-11H2,1H3,(H,24,25). The summed E-state index contributed by atoms with van der Waals surface area (Å²) in [6, 6.07) is 10.9. The van der Waals surface area contributed by atoms with Crippen molar-refractivity contribution in [2.75, 3.05) is 7.11 Å². The maximum Gasteiger partial charge on any atom is 0.343 e. The molecule has 1 aromatic carbocycles. The summed E-state index contributed by atoms with van der Waals surface area (Å²) in [5.41, 5.74) is 0.610. The lowest BCUT2D eigenvalue weighted by molar-refractivity contribution is -0.132. The first kappa shape index (κ1) is 16.4. The molecule has 0 saturated heterocycles. The van der Waals surface area contributed by atoms with E-state index in [0.717, 1.165) is 29.8 Å². The maximum absolute atomic E-state index is 12.7. The molecule has 1 fully saturated rings. The number of aromatic nitrogens is 1. The minimum Gasteiger partial charge on any atom is -0.509 e. The molecule has 26 heavy (non-hydrogen) atoms. The van der Waals surface area contributed by atoms with Crippen molar-refractivity contribution < 1.29 is 24.5 Å². The molecular formula is C20H19NO5. The molecule has 4 rings (SSSR count). The zero-order chi connectivity index (χ0) is 18.5. The van der Waals surface area contributed by atoms with Gasteiger partial charge in [0.2, 0.25) is 5.78 Å². The molecule has 1 saturated carbocycles. The van der Waals surface area contributed by atoms with Crippen molar-refractivity contribution >= 4 is 11.8 Å². The molecule has 1 spiro atoms. The predicted octanol–water partition coefficient (Wildman–Crippen LogP) is 3.53. The monoisotopic (exact) mass is 353 g/mol. The van der Waals surface area contributed by atoms with Crippen LogP contribution in [0.25, 0.3) is 11.3 Å². The van der Waals surface area contributed by atoms with Crippen molar-refractivity contribution in [1.82, 2.24) is 4.57 Å². The highest BCUT2D eigenvalue weighted by Crippen LogP contribution is 2.49. The molecule has 6 heteroatoms. The quantitative estimate of drug-likeness (QED) is 0.824. The number of aliphatic carboxylic acids is 1. The molecule has 6 nitrogen and oxygen atoms in total. The number of aliphatic hydroxyl groups is 1. The van der Waals surface area contributed by atoms with Gasteiger partial charge in [0, 0.05) is 5.69 Å². The summed E-state index contributed by atoms with van der Waals surface area (Å²) in [6.45, 7) is 0. The van der Waals surface area contributed by atoms with E-state index in [4.69, 9.17) is 4.74 Å². The Morgan fingerprint density at radius 2 is 1.69 bits per heavy atom. The van der Waals surface area contributed by atoms with Crippen LogP contribution in [0.2, 0.25) is 0 Å². The fourth-order valence-corrected chi connectivity index (χ4v) is 4.26. The minimum absolute atomic E-state index is 0.313. The number of carboxylic acid groups (broad SMARTS) is 1. The largest absolute Gasteiger partial charge is 0.509 e. The van der Waals surface area contributed by atoms with Gasteiger partial charge in [-0.2, -0.15) is 0 Å². The van der Waals surface area contributed by atoms with Crippen molar-refractivity contribution in [3.8, 4) is 17.0 Å². The van der Waals surface area contributed by atoms with E-state index in [1.54, 1.807) is 13.2 Å². The molecule has 0 amide bonds. The van der Waals surface area contributed by atoms with Crippen LogP contribution in [-0.2, 0) is 10.3 Å². The number of aliphatic hydroxyl groups excluding tert-OH is 1. The number of hydrogen-bond acceptors (Lipinski definition) is 4. The second kappa shape index (κ2) is 5.76. The molecule has 0 bridgehead atoms. The van der Waals surface area contributed by atoms with Gasteiger partial charge in [-0.3, -0.25) is 4.79 Å². The fraction of sp³-hybridized carbons (Fsp3) is 0.300. The van der Waals surface area contributed by atoms with Crippen molar-refractivity contribution in [2.24, 2.45) is 0 Å². The number of Topliss-reactive ketones (excluding diaryl/α,β-unsaturated/α-hetero) is 1. The van der Waals surface area contributed by atoms with Crippen molar-refractivity contribution in [3.05, 3.63) is 53.4 Å². The number of allylic oxidation sites excluding steroid dienone is 1. The molecule has 0 atom stereocenters. The number of rotatable bonds is 3. The lowest BCUT2D eigenvalue weighted by Gasteiger charge is -2.37. The zero-order valence-corrected chi connectivity index (χ0v) is 14.4. The van der Waals surface area contributed by atoms with E-state index in [2.05, 4.69) is 0 Å². The van der Waals surface area contributed by atoms with Gasteiger partial charge < -0.3 is 19.5 Å². The van der Waals surface area contributed by atoms with E-state index < -0.39 is 22.9 Å². The van der Waals surface area contributed by atoms with E-state index in [-0.39, 0.29) is 5.76 Å². The number of ketones is 1. The highest BCUT2D eigenvalue weighted by Gasteiger charge is 2.50. The van der Waals surface area contributed by atoms with Crippen LogP contribution in [0, 0.1) is 0 Å². The summed E-state index contributed by atoms with van der Waals surface area (Å²) >= 11 is 0. The zero-order valence-electron chi connectivity index (χ0n) is 14.4. The molecule has 0 unspecified atom stereocenters. The average molecular weight is 353 g/mol. The molecular weight excluding hydrogens is 334 g/mol. The van der Waals surface area contributed by atoms with Crippen LogP contribution < -0.4 is 4.74 Å². The molecule has 1 aliphatic heterocycles. The number of carboxylic acids is 1. The summed E-state index contributed by atoms with van der Waals surface area (Å²) in [5, 5.41) is 20.3. The Morgan fingerprint density at radius 3 is 2.27 bits per heavy atom. The van der Waals surface area contributed by atoms with Gasteiger partial charge in [0.25, 0.3) is 0 Å². The number of hydrogen-bond donors (Lipinski definition) is 2. The third kappa shape index (κ3) is 2.11. The topological polar surface area (TPSA) is 88.8 Å². The first-order valence-corrected chi connectivity index (χ1v) is 8.58. The molecule has 1 aliphatic carbocycles. The number of benzene rings is 1. The highest BCUT2D eigenvalue weighted by molar-refractivity contribution is 6.24. The Kier molecular flexibility index (Phi) is 3.64. The molecule has 2 N–H and O–H groups in total. The van der Waals surface area contributed by atoms with E-state index in [1.807, 2.05) is 34.9 Å². The molecule has 2 aromatic rings. The van der Waals surface area contributed by atoms with Crippen LogP contribution in [0.1, 0.15) is 36.2 Å². The second-order valence-corrected chi connectivity index (χ2v) is 6.76. The van der Waals surface area contributed by atoms with E-state index in [9.17, 15) is 19.8 Å². The van der Waals surface area contributed by atoms with E-state index in [0.29, 0.717) is 18.5 Å². The molecule has 1 aromatic heterocycles. The van der Waals surface area contributed by atoms with Crippen LogP contribution in [0.4, 0.5) is 0 Å². The van der Waals surface area contributed by atoms with Crippen LogP contribution in [0.5, 0.6) is 5.75 Å². The van der Waals surface area contributed by atoms with Crippen molar-refractivity contribution in [3.63, 3.8) is 0 Å². The van der Waals surface area contributed by atoms with Crippen LogP contribution in [-0.4, -0.2) is 33.6 Å². The predicted molar refractivity (Wildman–Crippen MR) is 94.5 cm³/mol. The first-order valence-electron chi connectivity index (χ1n) is 8.58. The lowest BCUT2D eigenvalue weighted by atomic mass is 9.85. The number of ether oxygens (including phenoxy) is 1. The average Bonchev–Trinajstić information content (AvgIpc) is 3.28. The normalized spacial score (nSPS) is 18.3. The van der Waals surface area contributed by atoms with Gasteiger partial charge in [-0.15, -0.1) is 0 Å². The number of methoxy groups -OCH3 is 1. The van der Waals surface area contributed by atoms with Gasteiger partial charge in [0.05, 0.1) is 12.8 Å². The number of carbonyl (C=O) groups excluding carboxylic acids is 1. The van der Waals surface area contributed by atoms with Crippen LogP contribution in [0.3, 0.4) is 0 Å². The SMILES string of the molecule is COc1ccc(-c2ccc3n2C2(CCCC2)C(O)=C(C(=O)O)C3=O)cc1. The molecule has 2 heterocycles. The summed E-state index contributed by atoms with van der Waals surface area (Å²) in [5.74, 6) is -1.61. The smallest absolute Gasteiger partial charge is 0.343 e. The van der Waals surface area contributed by atoms with Gasteiger partial charge in [-0.05, 0) is 54.8 Å². The number of carbonyl (C=O) groups is 2. The lowest BCUT2D eigenvalue weighted by Crippen LogP contribution is -2.42. The van der Waals surface area contributed by atoms with Crippen molar-refractivity contribution in [2.45, 2.75) is 31.2 Å². The summed E-state index contributed by atoms with van der Waals surface area (Å²) in [6.07, 6.45) is 2.94. The van der Waals surface area contributed by atoms with Crippen molar-refractivity contribution in [1.29, 1.82) is 0 Å². The molecule has 0 radical (unpaired) electrons. The van der Waals surface area contributed by atoms with Crippen LogP contribution >= 0.6 is 0 Å². The van der Waals surface area contributed by atoms with E-state index >= 15 is 0 Å². The van der Waals surface area contributed by atoms with E-state index in [1.165, 1.54) is 0 Å². The maximum atomic E-state index is 12.7. The Balaban J connectivity index is 1.95. The van der Waals surface area contributed by atoms with Gasteiger partial charge in [0.15, 0.2) is 0 Å². The number of fused-ring (bicyclic) bond motifs is 2. The molecule has 2 aliphatic rings. The Hall–Kier alpha value is -3.02. The summed E-state index contributed by atoms with van der Waals surface area (Å²) in [4.78, 5) is 24.3. The summed E-state index contributed by atoms with van der Waals surface area (Å²) < 4.78 is 7.03. The Labute approximate surface area is 150 Å². The Morgan fingerprint density at radius 1 is 1.08 bits per heavy atom. The van der Waals surface area contributed by atoms with Gasteiger partial charge >= 0.3 is 5.97 Å². The molecule has 134 valence electrons.